The summed E-state index contributed by atoms with van der Waals surface area (Å²) in [5, 5.41) is 11.7. The van der Waals surface area contributed by atoms with Gasteiger partial charge in [-0.15, -0.1) is 11.3 Å². The van der Waals surface area contributed by atoms with Gasteiger partial charge in [0.05, 0.1) is 17.4 Å². The van der Waals surface area contributed by atoms with Gasteiger partial charge in [-0.2, -0.15) is 0 Å². The number of rotatable bonds is 8. The maximum atomic E-state index is 13.4. The molecule has 2 heterocycles. The van der Waals surface area contributed by atoms with Gasteiger partial charge < -0.3 is 26.6 Å². The second-order valence-electron chi connectivity index (χ2n) is 7.43. The van der Waals surface area contributed by atoms with Crippen molar-refractivity contribution in [1.82, 2.24) is 15.2 Å². The lowest BCUT2D eigenvalue weighted by molar-refractivity contribution is 0.102. The van der Waals surface area contributed by atoms with E-state index in [0.717, 1.165) is 5.56 Å². The number of hydrogen-bond acceptors (Lipinski definition) is 6. The number of nitrogens with zero attached hydrogens (tertiary/aromatic N) is 2. The number of amides is 3. The Labute approximate surface area is 189 Å². The highest BCUT2D eigenvalue weighted by Gasteiger charge is 2.17. The van der Waals surface area contributed by atoms with E-state index < -0.39 is 11.8 Å². The third-order valence-corrected chi connectivity index (χ3v) is 5.38. The third kappa shape index (κ3) is 6.50. The molecule has 168 valence electrons. The van der Waals surface area contributed by atoms with E-state index in [1.54, 1.807) is 35.2 Å². The first-order valence-electron chi connectivity index (χ1n) is 9.88. The normalized spacial score (nSPS) is 11.8. The van der Waals surface area contributed by atoms with E-state index in [1.165, 1.54) is 29.5 Å². The first-order chi connectivity index (χ1) is 15.3. The lowest BCUT2D eigenvalue weighted by Gasteiger charge is -2.21. The molecular weight excluding hydrogens is 431 g/mol. The number of carbonyl (C=O) groups is 2. The fourth-order valence-corrected chi connectivity index (χ4v) is 3.61. The van der Waals surface area contributed by atoms with Crippen LogP contribution in [0.5, 0.6) is 0 Å². The number of thiophene rings is 1. The molecule has 3 aromatic rings. The molecular formula is C22H25FN6O2S. The molecule has 1 atom stereocenters. The van der Waals surface area contributed by atoms with Crippen LogP contribution < -0.4 is 21.7 Å². The summed E-state index contributed by atoms with van der Waals surface area (Å²) in [6.07, 6.45) is 2.18. The van der Waals surface area contributed by atoms with Gasteiger partial charge in [0, 0.05) is 22.6 Å². The van der Waals surface area contributed by atoms with E-state index >= 15 is 0 Å². The van der Waals surface area contributed by atoms with Gasteiger partial charge in [-0.1, -0.05) is 12.1 Å². The minimum Gasteiger partial charge on any atom is -0.396 e. The number of pyridine rings is 1. The molecule has 3 amide bonds. The summed E-state index contributed by atoms with van der Waals surface area (Å²) < 4.78 is 13.4. The molecule has 0 aliphatic carbocycles. The summed E-state index contributed by atoms with van der Waals surface area (Å²) in [4.78, 5) is 31.2. The molecule has 0 bridgehead atoms. The Morgan fingerprint density at radius 3 is 2.62 bits per heavy atom. The molecule has 5 N–H and O–H groups in total. The number of halogens is 1. The van der Waals surface area contributed by atoms with Gasteiger partial charge in [0.2, 0.25) is 0 Å². The first kappa shape index (κ1) is 23.2. The van der Waals surface area contributed by atoms with Crippen LogP contribution in [0.4, 0.5) is 26.2 Å². The van der Waals surface area contributed by atoms with E-state index in [0.29, 0.717) is 30.0 Å². The molecule has 32 heavy (non-hydrogen) atoms. The summed E-state index contributed by atoms with van der Waals surface area (Å²) in [6.45, 7) is 0.713. The van der Waals surface area contributed by atoms with Gasteiger partial charge in [-0.25, -0.2) is 9.18 Å². The van der Waals surface area contributed by atoms with Crippen LogP contribution in [0.15, 0.2) is 53.4 Å². The fourth-order valence-electron chi connectivity index (χ4n) is 2.94. The molecule has 10 heteroatoms. The Hall–Kier alpha value is -3.50. The SMILES string of the molecule is CN(C)CCC(NC(=O)Nc1cccc(F)c1)c1ccc(C(=O)Nc2cscc2N)nc1. The summed E-state index contributed by atoms with van der Waals surface area (Å²) in [7, 11) is 3.87. The third-order valence-electron chi connectivity index (χ3n) is 4.61. The lowest BCUT2D eigenvalue weighted by Crippen LogP contribution is -2.34. The maximum Gasteiger partial charge on any atom is 0.319 e. The Morgan fingerprint density at radius 2 is 2.00 bits per heavy atom. The van der Waals surface area contributed by atoms with Crippen molar-refractivity contribution in [3.8, 4) is 0 Å². The first-order valence-corrected chi connectivity index (χ1v) is 10.8. The van der Waals surface area contributed by atoms with Crippen LogP contribution in [0.25, 0.3) is 0 Å². The van der Waals surface area contributed by atoms with E-state index in [9.17, 15) is 14.0 Å². The van der Waals surface area contributed by atoms with Crippen LogP contribution >= 0.6 is 11.3 Å². The highest BCUT2D eigenvalue weighted by atomic mass is 32.1. The summed E-state index contributed by atoms with van der Waals surface area (Å²) >= 11 is 1.39. The number of nitrogens with two attached hydrogens (primary N) is 1. The van der Waals surface area contributed by atoms with Crippen molar-refractivity contribution in [2.75, 3.05) is 37.0 Å². The smallest absolute Gasteiger partial charge is 0.319 e. The molecule has 0 aliphatic heterocycles. The molecule has 2 aromatic heterocycles. The fraction of sp³-hybridized carbons (Fsp3) is 0.227. The van der Waals surface area contributed by atoms with Crippen LogP contribution in [0.2, 0.25) is 0 Å². The molecule has 8 nitrogen and oxygen atoms in total. The molecule has 3 rings (SSSR count). The zero-order chi connectivity index (χ0) is 23.1. The zero-order valence-electron chi connectivity index (χ0n) is 17.8. The number of urea groups is 1. The van der Waals surface area contributed by atoms with Gasteiger partial charge in [0.25, 0.3) is 5.91 Å². The summed E-state index contributed by atoms with van der Waals surface area (Å²) in [6, 6.07) is 8.20. The van der Waals surface area contributed by atoms with E-state index in [-0.39, 0.29) is 17.6 Å². The number of hydrogen-bond donors (Lipinski definition) is 4. The standard InChI is InChI=1S/C22H25FN6O2S/c1-29(2)9-8-18(28-22(31)26-16-5-3-4-15(23)10-16)14-6-7-19(25-11-14)21(30)27-20-13-32-12-17(20)24/h3-7,10-13,18H,8-9,24H2,1-2H3,(H,27,30)(H2,26,28,31). The van der Waals surface area contributed by atoms with Crippen LogP contribution in [0, 0.1) is 5.82 Å². The minimum atomic E-state index is -0.464. The van der Waals surface area contributed by atoms with Crippen LogP contribution in [-0.4, -0.2) is 42.5 Å². The predicted molar refractivity (Wildman–Crippen MR) is 125 cm³/mol. The molecule has 0 saturated heterocycles. The van der Waals surface area contributed by atoms with E-state index in [1.807, 2.05) is 19.0 Å². The highest BCUT2D eigenvalue weighted by Crippen LogP contribution is 2.23. The molecule has 1 unspecified atom stereocenters. The van der Waals surface area contributed by atoms with Crippen molar-refractivity contribution in [3.05, 3.63) is 70.4 Å². The van der Waals surface area contributed by atoms with Crippen LogP contribution in [0.1, 0.15) is 28.5 Å². The number of nitrogens with one attached hydrogen (secondary N) is 3. The second-order valence-corrected chi connectivity index (χ2v) is 8.17. The van der Waals surface area contributed by atoms with Gasteiger partial charge in [-0.05, 0) is 56.9 Å². The van der Waals surface area contributed by atoms with E-state index in [4.69, 9.17) is 5.73 Å². The second kappa shape index (κ2) is 10.7. The Morgan fingerprint density at radius 1 is 1.19 bits per heavy atom. The molecule has 0 radical (unpaired) electrons. The van der Waals surface area contributed by atoms with Gasteiger partial charge >= 0.3 is 6.03 Å². The quantitative estimate of drug-likeness (QED) is 0.410. The Balaban J connectivity index is 1.69. The predicted octanol–water partition coefficient (Wildman–Crippen LogP) is 3.93. The lowest BCUT2D eigenvalue weighted by atomic mass is 10.1. The molecule has 0 saturated carbocycles. The maximum absolute atomic E-state index is 13.4. The van der Waals surface area contributed by atoms with Crippen molar-refractivity contribution >= 4 is 40.3 Å². The van der Waals surface area contributed by atoms with Crippen molar-refractivity contribution in [2.45, 2.75) is 12.5 Å². The van der Waals surface area contributed by atoms with Crippen LogP contribution in [-0.2, 0) is 0 Å². The largest absolute Gasteiger partial charge is 0.396 e. The van der Waals surface area contributed by atoms with Gasteiger partial charge in [-0.3, -0.25) is 9.78 Å². The average Bonchev–Trinajstić information content (AvgIpc) is 3.15. The average molecular weight is 457 g/mol. The minimum absolute atomic E-state index is 0.231. The zero-order valence-corrected chi connectivity index (χ0v) is 18.6. The monoisotopic (exact) mass is 456 g/mol. The highest BCUT2D eigenvalue weighted by molar-refractivity contribution is 7.09. The van der Waals surface area contributed by atoms with Crippen molar-refractivity contribution in [2.24, 2.45) is 0 Å². The Bertz CT molecular complexity index is 1070. The summed E-state index contributed by atoms with van der Waals surface area (Å²) in [5.41, 5.74) is 8.18. The van der Waals surface area contributed by atoms with Gasteiger partial charge in [0.15, 0.2) is 0 Å². The number of aromatic nitrogens is 1. The number of nitrogen functional groups attached to an aromatic ring is 1. The van der Waals surface area contributed by atoms with E-state index in [2.05, 4.69) is 20.9 Å². The number of carbonyl (C=O) groups excluding carboxylic acids is 2. The number of anilines is 3. The number of benzene rings is 1. The van der Waals surface area contributed by atoms with Crippen LogP contribution in [0.3, 0.4) is 0 Å². The Kier molecular flexibility index (Phi) is 7.74. The topological polar surface area (TPSA) is 112 Å². The van der Waals surface area contributed by atoms with Gasteiger partial charge in [0.1, 0.15) is 11.5 Å². The van der Waals surface area contributed by atoms with Crippen molar-refractivity contribution in [3.63, 3.8) is 0 Å². The molecule has 0 aliphatic rings. The summed E-state index contributed by atoms with van der Waals surface area (Å²) in [5.74, 6) is -0.808. The molecule has 0 fully saturated rings. The van der Waals surface area contributed by atoms with Crippen molar-refractivity contribution < 1.29 is 14.0 Å². The van der Waals surface area contributed by atoms with Crippen molar-refractivity contribution in [1.29, 1.82) is 0 Å². The molecule has 1 aromatic carbocycles. The molecule has 0 spiro atoms.